The Bertz CT molecular complexity index is 1460. The first-order chi connectivity index (χ1) is 16.4. The maximum Gasteiger partial charge on any atom is 0.349 e. The molecule has 0 amide bonds. The Kier molecular flexibility index (Phi) is 6.72. The fourth-order valence-corrected chi connectivity index (χ4v) is 3.82. The summed E-state index contributed by atoms with van der Waals surface area (Å²) < 4.78 is 32.5. The molecule has 4 rings (SSSR count). The molecule has 34 heavy (non-hydrogen) atoms. The molecule has 0 fully saturated rings. The highest BCUT2D eigenvalue weighted by molar-refractivity contribution is 6.34. The zero-order chi connectivity index (χ0) is 24.4. The number of hydrogen-bond acceptors (Lipinski definition) is 8. The minimum absolute atomic E-state index is 0.153. The maximum atomic E-state index is 12.7. The number of ether oxygens (including phenoxy) is 5. The number of carbonyl (C=O) groups is 1. The van der Waals surface area contributed by atoms with Crippen molar-refractivity contribution in [2.24, 2.45) is 0 Å². The Hall–Kier alpha value is -3.62. The lowest BCUT2D eigenvalue weighted by atomic mass is 10.0. The highest BCUT2D eigenvalue weighted by Gasteiger charge is 2.21. The van der Waals surface area contributed by atoms with Crippen molar-refractivity contribution in [2.45, 2.75) is 0 Å². The molecular formula is C24H18Cl2O8. The summed E-state index contributed by atoms with van der Waals surface area (Å²) in [5.74, 6) is 0.674. The molecule has 0 saturated heterocycles. The summed E-state index contributed by atoms with van der Waals surface area (Å²) >= 11 is 11.9. The maximum absolute atomic E-state index is 12.7. The van der Waals surface area contributed by atoms with Gasteiger partial charge in [0, 0.05) is 27.9 Å². The van der Waals surface area contributed by atoms with Crippen molar-refractivity contribution in [1.29, 1.82) is 0 Å². The Morgan fingerprint density at radius 1 is 0.882 bits per heavy atom. The van der Waals surface area contributed by atoms with E-state index in [0.29, 0.717) is 38.1 Å². The number of carbonyl (C=O) groups excluding carboxylic acids is 1. The third-order valence-electron chi connectivity index (χ3n) is 4.95. The van der Waals surface area contributed by atoms with Crippen LogP contribution in [0.5, 0.6) is 28.7 Å². The molecule has 0 aliphatic heterocycles. The molecule has 0 radical (unpaired) electrons. The monoisotopic (exact) mass is 504 g/mol. The summed E-state index contributed by atoms with van der Waals surface area (Å²) in [6.07, 6.45) is 0. The van der Waals surface area contributed by atoms with Gasteiger partial charge in [-0.3, -0.25) is 0 Å². The van der Waals surface area contributed by atoms with E-state index in [0.717, 1.165) is 0 Å². The molecule has 0 N–H and O–H groups in total. The standard InChI is InChI=1S/C24H18Cl2O8/c1-29-19-10-15-21(23(31-3)22(19)30-2)14-6-5-13(9-17(14)34-24(15)28)33-20(27)11-32-18-8-12(25)4-7-16(18)26/h4-10H,11H2,1-3H3. The van der Waals surface area contributed by atoms with Gasteiger partial charge in [-0.25, -0.2) is 9.59 Å². The van der Waals surface area contributed by atoms with Gasteiger partial charge in [0.25, 0.3) is 0 Å². The van der Waals surface area contributed by atoms with Crippen LogP contribution in [-0.2, 0) is 4.79 Å². The van der Waals surface area contributed by atoms with Gasteiger partial charge in [-0.1, -0.05) is 23.2 Å². The van der Waals surface area contributed by atoms with Gasteiger partial charge in [0.1, 0.15) is 17.1 Å². The molecule has 3 aromatic carbocycles. The van der Waals surface area contributed by atoms with Crippen molar-refractivity contribution in [2.75, 3.05) is 27.9 Å². The summed E-state index contributed by atoms with van der Waals surface area (Å²) in [5, 5.41) is 1.99. The average Bonchev–Trinajstić information content (AvgIpc) is 2.83. The summed E-state index contributed by atoms with van der Waals surface area (Å²) in [7, 11) is 4.38. The lowest BCUT2D eigenvalue weighted by Crippen LogP contribution is -2.17. The molecule has 8 nitrogen and oxygen atoms in total. The third-order valence-corrected chi connectivity index (χ3v) is 5.49. The van der Waals surface area contributed by atoms with Gasteiger partial charge in [0.2, 0.25) is 5.75 Å². The molecule has 0 spiro atoms. The van der Waals surface area contributed by atoms with E-state index in [1.54, 1.807) is 24.3 Å². The Labute approximate surface area is 203 Å². The van der Waals surface area contributed by atoms with E-state index >= 15 is 0 Å². The molecule has 0 atom stereocenters. The number of benzene rings is 3. The van der Waals surface area contributed by atoms with Gasteiger partial charge >= 0.3 is 11.6 Å². The van der Waals surface area contributed by atoms with E-state index < -0.39 is 18.2 Å². The SMILES string of the molecule is COc1cc2c(=O)oc3cc(OC(=O)COc4cc(Cl)ccc4Cl)ccc3c2c(OC)c1OC. The average molecular weight is 505 g/mol. The van der Waals surface area contributed by atoms with E-state index in [9.17, 15) is 9.59 Å². The van der Waals surface area contributed by atoms with Gasteiger partial charge in [-0.05, 0) is 30.3 Å². The van der Waals surface area contributed by atoms with Crippen LogP contribution in [0.4, 0.5) is 0 Å². The lowest BCUT2D eigenvalue weighted by molar-refractivity contribution is -0.136. The molecule has 4 aromatic rings. The third kappa shape index (κ3) is 4.42. The number of fused-ring (bicyclic) bond motifs is 3. The molecule has 1 aromatic heterocycles. The van der Waals surface area contributed by atoms with Crippen LogP contribution < -0.4 is 29.3 Å². The van der Waals surface area contributed by atoms with Gasteiger partial charge < -0.3 is 28.1 Å². The largest absolute Gasteiger partial charge is 0.493 e. The van der Waals surface area contributed by atoms with E-state index in [-0.39, 0.29) is 22.5 Å². The van der Waals surface area contributed by atoms with Crippen molar-refractivity contribution in [1.82, 2.24) is 0 Å². The molecule has 0 unspecified atom stereocenters. The predicted molar refractivity (Wildman–Crippen MR) is 127 cm³/mol. The van der Waals surface area contributed by atoms with Crippen LogP contribution in [0.3, 0.4) is 0 Å². The van der Waals surface area contributed by atoms with E-state index in [4.69, 9.17) is 51.3 Å². The highest BCUT2D eigenvalue weighted by Crippen LogP contribution is 2.45. The van der Waals surface area contributed by atoms with Crippen LogP contribution in [0.2, 0.25) is 10.0 Å². The summed E-state index contributed by atoms with van der Waals surface area (Å²) in [6.45, 7) is -0.412. The van der Waals surface area contributed by atoms with Crippen LogP contribution in [0, 0.1) is 0 Å². The second kappa shape index (κ2) is 9.70. The smallest absolute Gasteiger partial charge is 0.349 e. The fraction of sp³-hybridized carbons (Fsp3) is 0.167. The van der Waals surface area contributed by atoms with Crippen molar-refractivity contribution >= 4 is 50.9 Å². The van der Waals surface area contributed by atoms with E-state index in [1.165, 1.54) is 39.5 Å². The minimum Gasteiger partial charge on any atom is -0.493 e. The Balaban J connectivity index is 1.67. The molecule has 1 heterocycles. The van der Waals surface area contributed by atoms with Gasteiger partial charge in [-0.15, -0.1) is 0 Å². The van der Waals surface area contributed by atoms with E-state index in [2.05, 4.69) is 0 Å². The normalized spacial score (nSPS) is 10.9. The predicted octanol–water partition coefficient (Wildman–Crippen LogP) is 5.26. The fourth-order valence-electron chi connectivity index (χ4n) is 3.48. The summed E-state index contributed by atoms with van der Waals surface area (Å²) in [5.41, 5.74) is -0.434. The molecule has 0 aliphatic carbocycles. The molecule has 10 heteroatoms. The van der Waals surface area contributed by atoms with Crippen molar-refractivity contribution < 1.29 is 32.9 Å². The lowest BCUT2D eigenvalue weighted by Gasteiger charge is -2.15. The number of rotatable bonds is 7. The summed E-state index contributed by atoms with van der Waals surface area (Å²) in [6, 6.07) is 10.8. The second-order valence-electron chi connectivity index (χ2n) is 6.95. The van der Waals surface area contributed by atoms with Gasteiger partial charge in [-0.2, -0.15) is 0 Å². The highest BCUT2D eigenvalue weighted by atomic mass is 35.5. The zero-order valence-corrected chi connectivity index (χ0v) is 19.8. The number of methoxy groups -OCH3 is 3. The van der Waals surface area contributed by atoms with Crippen LogP contribution in [-0.4, -0.2) is 33.9 Å². The summed E-state index contributed by atoms with van der Waals surface area (Å²) in [4.78, 5) is 25.0. The van der Waals surface area contributed by atoms with Crippen LogP contribution in [0.25, 0.3) is 21.7 Å². The van der Waals surface area contributed by atoms with Gasteiger partial charge in [0.15, 0.2) is 18.1 Å². The van der Waals surface area contributed by atoms with Crippen molar-refractivity contribution in [3.8, 4) is 28.7 Å². The molecule has 0 aliphatic rings. The van der Waals surface area contributed by atoms with E-state index in [1.807, 2.05) is 0 Å². The molecular weight excluding hydrogens is 487 g/mol. The second-order valence-corrected chi connectivity index (χ2v) is 7.80. The van der Waals surface area contributed by atoms with Crippen LogP contribution in [0.15, 0.2) is 51.7 Å². The molecule has 176 valence electrons. The quantitative estimate of drug-likeness (QED) is 0.145. The van der Waals surface area contributed by atoms with Crippen molar-refractivity contribution in [3.05, 3.63) is 62.9 Å². The first-order valence-electron chi connectivity index (χ1n) is 9.84. The number of esters is 1. The minimum atomic E-state index is -0.692. The number of halogens is 2. The zero-order valence-electron chi connectivity index (χ0n) is 18.3. The first-order valence-corrected chi connectivity index (χ1v) is 10.6. The topological polar surface area (TPSA) is 93.4 Å². The Morgan fingerprint density at radius 2 is 1.65 bits per heavy atom. The number of hydrogen-bond donors (Lipinski definition) is 0. The Morgan fingerprint density at radius 3 is 2.35 bits per heavy atom. The van der Waals surface area contributed by atoms with Gasteiger partial charge in [0.05, 0.1) is 31.7 Å². The van der Waals surface area contributed by atoms with Crippen molar-refractivity contribution in [3.63, 3.8) is 0 Å². The molecule has 0 saturated carbocycles. The van der Waals surface area contributed by atoms with Crippen LogP contribution >= 0.6 is 23.2 Å². The van der Waals surface area contributed by atoms with Crippen LogP contribution in [0.1, 0.15) is 0 Å². The first kappa shape index (κ1) is 23.5. The molecule has 0 bridgehead atoms.